The number of alkyl halides is 3. The van der Waals surface area contributed by atoms with E-state index >= 15 is 0 Å². The second kappa shape index (κ2) is 7.26. The number of halogens is 6. The van der Waals surface area contributed by atoms with E-state index in [1.54, 1.807) is 0 Å². The maximum Gasteiger partial charge on any atom is 0.417 e. The van der Waals surface area contributed by atoms with Crippen LogP contribution in [0.1, 0.15) is 41.0 Å². The summed E-state index contributed by atoms with van der Waals surface area (Å²) in [7, 11) is 0. The Morgan fingerprint density at radius 2 is 1.71 bits per heavy atom. The summed E-state index contributed by atoms with van der Waals surface area (Å²) < 4.78 is 71.4. The number of aliphatic imine (C=N–C) groups is 1. The summed E-state index contributed by atoms with van der Waals surface area (Å²) in [5.41, 5.74) is -2.77. The molecule has 0 fully saturated rings. The highest BCUT2D eigenvalue weighted by molar-refractivity contribution is 6.37. The first-order valence-corrected chi connectivity index (χ1v) is 9.41. The Morgan fingerprint density at radius 3 is 2.32 bits per heavy atom. The molecule has 1 aliphatic heterocycles. The van der Waals surface area contributed by atoms with Gasteiger partial charge in [-0.25, -0.2) is 8.78 Å². The molecule has 2 aromatic carbocycles. The highest BCUT2D eigenvalue weighted by atomic mass is 35.5. The zero-order valence-corrected chi connectivity index (χ0v) is 16.8. The zero-order valence-electron chi connectivity index (χ0n) is 16.1. The Balaban J connectivity index is 2.18. The minimum Gasteiger partial charge on any atom is -0.302 e. The van der Waals surface area contributed by atoms with Crippen LogP contribution in [-0.2, 0) is 6.18 Å². The fourth-order valence-corrected chi connectivity index (χ4v) is 3.85. The Labute approximate surface area is 177 Å². The van der Waals surface area contributed by atoms with Gasteiger partial charge in [0.2, 0.25) is 0 Å². The van der Waals surface area contributed by atoms with Gasteiger partial charge in [0.15, 0.2) is 0 Å². The van der Waals surface area contributed by atoms with E-state index < -0.39 is 51.3 Å². The molecular formula is C21H13ClF5N3O. The number of nitrogens with zero attached hydrogens (tertiary/aromatic N) is 3. The minimum absolute atomic E-state index is 0.0642. The zero-order chi connectivity index (χ0) is 22.7. The molecule has 160 valence electrons. The highest BCUT2D eigenvalue weighted by Gasteiger charge is 2.37. The molecule has 0 saturated carbocycles. The summed E-state index contributed by atoms with van der Waals surface area (Å²) in [5, 5.41) is -0.761. The van der Waals surface area contributed by atoms with Gasteiger partial charge in [0, 0.05) is 17.3 Å². The molecule has 0 saturated heterocycles. The monoisotopic (exact) mass is 453 g/mol. The lowest BCUT2D eigenvalue weighted by molar-refractivity contribution is -0.137. The van der Waals surface area contributed by atoms with Gasteiger partial charge < -0.3 is 4.57 Å². The normalized spacial score (nSPS) is 15.7. The van der Waals surface area contributed by atoms with Gasteiger partial charge in [0.25, 0.3) is 5.56 Å². The van der Waals surface area contributed by atoms with E-state index in [0.717, 1.165) is 30.3 Å². The molecule has 4 rings (SSSR count). The van der Waals surface area contributed by atoms with Crippen LogP contribution < -0.4 is 5.56 Å². The van der Waals surface area contributed by atoms with E-state index in [1.165, 1.54) is 24.6 Å². The van der Waals surface area contributed by atoms with E-state index in [9.17, 15) is 26.7 Å². The van der Waals surface area contributed by atoms with Gasteiger partial charge in [0.05, 0.1) is 27.5 Å². The molecule has 0 N–H and O–H groups in total. The molecule has 4 nitrogen and oxygen atoms in total. The predicted octanol–water partition coefficient (Wildman–Crippen LogP) is 5.40. The molecule has 0 aliphatic carbocycles. The molecule has 31 heavy (non-hydrogen) atoms. The van der Waals surface area contributed by atoms with Gasteiger partial charge in [-0.1, -0.05) is 17.7 Å². The first kappa shape index (κ1) is 21.2. The molecule has 2 heterocycles. The van der Waals surface area contributed by atoms with Crippen molar-refractivity contribution in [1.29, 1.82) is 0 Å². The first-order valence-electron chi connectivity index (χ1n) is 9.03. The lowest BCUT2D eigenvalue weighted by Gasteiger charge is -2.19. The van der Waals surface area contributed by atoms with Crippen LogP contribution in [0.2, 0.25) is 5.02 Å². The van der Waals surface area contributed by atoms with Crippen molar-refractivity contribution in [2.75, 3.05) is 0 Å². The number of hydrogen-bond acceptors (Lipinski definition) is 3. The predicted molar refractivity (Wildman–Crippen MR) is 105 cm³/mol. The summed E-state index contributed by atoms with van der Waals surface area (Å²) in [4.78, 5) is 20.3. The molecule has 0 bridgehead atoms. The van der Waals surface area contributed by atoms with Crippen molar-refractivity contribution in [3.63, 3.8) is 0 Å². The third kappa shape index (κ3) is 3.42. The topological polar surface area (TPSA) is 47.2 Å². The number of benzene rings is 2. The molecule has 3 aromatic rings. The molecule has 10 heteroatoms. The second-order valence-electron chi connectivity index (χ2n) is 7.03. The van der Waals surface area contributed by atoms with Crippen LogP contribution in [0.3, 0.4) is 0 Å². The summed E-state index contributed by atoms with van der Waals surface area (Å²) in [6, 6.07) is 4.03. The van der Waals surface area contributed by atoms with Crippen molar-refractivity contribution < 1.29 is 22.0 Å². The standard InChI is InChI=1S/C21H13ClF5N3O/c1-9-8-30-14-7-6-11(21(25,26)27)17(22)16(14)18(15-12(23)4-3-5-13(15)24)28-10(2)19(30)29-20(9)31/h3-8,10H,1-2H3/t10-/m0/s1. The smallest absolute Gasteiger partial charge is 0.302 e. The third-order valence-corrected chi connectivity index (χ3v) is 5.33. The Hall–Kier alpha value is -3.07. The maximum atomic E-state index is 14.7. The highest BCUT2D eigenvalue weighted by Crippen LogP contribution is 2.41. The number of aryl methyl sites for hydroxylation is 1. The van der Waals surface area contributed by atoms with Crippen molar-refractivity contribution in [3.8, 4) is 5.69 Å². The summed E-state index contributed by atoms with van der Waals surface area (Å²) >= 11 is 6.18. The number of hydrogen-bond donors (Lipinski definition) is 0. The SMILES string of the molecule is Cc1cn2c(nc1=O)[C@H](C)N=C(c1c(F)cccc1F)c1c-2ccc(C(F)(F)F)c1Cl. The van der Waals surface area contributed by atoms with Crippen molar-refractivity contribution in [1.82, 2.24) is 9.55 Å². The number of aromatic nitrogens is 2. The van der Waals surface area contributed by atoms with E-state index in [1.807, 2.05) is 0 Å². The van der Waals surface area contributed by atoms with Crippen LogP contribution in [0.5, 0.6) is 0 Å². The number of rotatable bonds is 1. The molecule has 1 aromatic heterocycles. The van der Waals surface area contributed by atoms with E-state index in [4.69, 9.17) is 11.6 Å². The van der Waals surface area contributed by atoms with Crippen molar-refractivity contribution in [3.05, 3.63) is 91.6 Å². The third-order valence-electron chi connectivity index (χ3n) is 4.94. The molecule has 1 atom stereocenters. The largest absolute Gasteiger partial charge is 0.417 e. The van der Waals surface area contributed by atoms with Crippen LogP contribution in [0.4, 0.5) is 22.0 Å². The summed E-state index contributed by atoms with van der Waals surface area (Å²) in [6.45, 7) is 3.00. The summed E-state index contributed by atoms with van der Waals surface area (Å²) in [6.07, 6.45) is -3.43. The average molecular weight is 454 g/mol. The number of fused-ring (bicyclic) bond motifs is 3. The van der Waals surface area contributed by atoms with Gasteiger partial charge in [-0.15, -0.1) is 0 Å². The van der Waals surface area contributed by atoms with Gasteiger partial charge in [-0.05, 0) is 38.1 Å². The Bertz CT molecular complexity index is 1290. The van der Waals surface area contributed by atoms with Gasteiger partial charge in [-0.2, -0.15) is 18.2 Å². The lowest BCUT2D eigenvalue weighted by atomic mass is 9.97. The minimum atomic E-state index is -4.82. The van der Waals surface area contributed by atoms with E-state index in [0.29, 0.717) is 0 Å². The van der Waals surface area contributed by atoms with Gasteiger partial charge >= 0.3 is 6.18 Å². The lowest BCUT2D eigenvalue weighted by Crippen LogP contribution is -2.20. The molecular weight excluding hydrogens is 441 g/mol. The van der Waals surface area contributed by atoms with Crippen LogP contribution in [0.25, 0.3) is 5.69 Å². The second-order valence-corrected chi connectivity index (χ2v) is 7.40. The fourth-order valence-electron chi connectivity index (χ4n) is 3.49. The first-order chi connectivity index (χ1) is 14.5. The summed E-state index contributed by atoms with van der Waals surface area (Å²) in [5.74, 6) is -1.94. The molecule has 0 radical (unpaired) electrons. The molecule has 0 unspecified atom stereocenters. The van der Waals surface area contributed by atoms with E-state index in [-0.39, 0.29) is 22.6 Å². The Morgan fingerprint density at radius 1 is 1.06 bits per heavy atom. The molecule has 0 amide bonds. The van der Waals surface area contributed by atoms with Crippen LogP contribution in [-0.4, -0.2) is 15.3 Å². The van der Waals surface area contributed by atoms with Crippen LogP contribution >= 0.6 is 11.6 Å². The van der Waals surface area contributed by atoms with E-state index in [2.05, 4.69) is 9.98 Å². The fraction of sp³-hybridized carbons (Fsp3) is 0.190. The Kier molecular flexibility index (Phi) is 4.96. The van der Waals surface area contributed by atoms with Crippen LogP contribution in [0.15, 0.2) is 46.3 Å². The van der Waals surface area contributed by atoms with Crippen molar-refractivity contribution in [2.45, 2.75) is 26.1 Å². The van der Waals surface area contributed by atoms with Gasteiger partial charge in [0.1, 0.15) is 23.5 Å². The average Bonchev–Trinajstić information content (AvgIpc) is 2.78. The van der Waals surface area contributed by atoms with Crippen molar-refractivity contribution >= 4 is 17.3 Å². The molecule has 1 aliphatic rings. The van der Waals surface area contributed by atoms with Gasteiger partial charge in [-0.3, -0.25) is 9.79 Å². The quantitative estimate of drug-likeness (QED) is 0.463. The van der Waals surface area contributed by atoms with Crippen LogP contribution in [0, 0.1) is 18.6 Å². The van der Waals surface area contributed by atoms with Crippen molar-refractivity contribution in [2.24, 2.45) is 4.99 Å². The molecule has 0 spiro atoms. The maximum absolute atomic E-state index is 14.7.